The molecule has 2 aromatic carbocycles. The number of halogens is 1. The average Bonchev–Trinajstić information content (AvgIpc) is 2.54. The molecule has 0 heterocycles. The van der Waals surface area contributed by atoms with E-state index in [1.165, 1.54) is 7.11 Å². The van der Waals surface area contributed by atoms with Crippen molar-refractivity contribution in [2.24, 2.45) is 0 Å². The zero-order valence-electron chi connectivity index (χ0n) is 12.1. The molecule has 0 saturated carbocycles. The van der Waals surface area contributed by atoms with E-state index < -0.39 is 12.0 Å². The monoisotopic (exact) mass is 361 g/mol. The van der Waals surface area contributed by atoms with Gasteiger partial charge in [-0.15, -0.1) is 0 Å². The van der Waals surface area contributed by atoms with Crippen LogP contribution in [-0.2, 0) is 16.0 Å². The molecule has 0 bridgehead atoms. The molecule has 0 aliphatic carbocycles. The van der Waals surface area contributed by atoms with Gasteiger partial charge in [0.1, 0.15) is 6.04 Å². The van der Waals surface area contributed by atoms with Crippen LogP contribution in [0.1, 0.15) is 15.9 Å². The fourth-order valence-corrected chi connectivity index (χ4v) is 2.53. The van der Waals surface area contributed by atoms with Gasteiger partial charge in [-0.3, -0.25) is 4.79 Å². The fraction of sp³-hybridized carbons (Fsp3) is 0.176. The Labute approximate surface area is 137 Å². The minimum absolute atomic E-state index is 0.321. The SMILES string of the molecule is COC(=O)C(Cc1ccccc1)NC(=O)c1ccccc1Br. The number of nitrogens with one attached hydrogen (secondary N) is 1. The molecule has 1 unspecified atom stereocenters. The Kier molecular flexibility index (Phi) is 5.72. The average molecular weight is 362 g/mol. The van der Waals surface area contributed by atoms with Crippen LogP contribution < -0.4 is 5.32 Å². The lowest BCUT2D eigenvalue weighted by molar-refractivity contribution is -0.142. The largest absolute Gasteiger partial charge is 0.467 e. The molecule has 2 rings (SSSR count). The van der Waals surface area contributed by atoms with Crippen molar-refractivity contribution >= 4 is 27.8 Å². The van der Waals surface area contributed by atoms with E-state index in [-0.39, 0.29) is 5.91 Å². The summed E-state index contributed by atoms with van der Waals surface area (Å²) in [4.78, 5) is 24.3. The summed E-state index contributed by atoms with van der Waals surface area (Å²) < 4.78 is 5.46. The Morgan fingerprint density at radius 3 is 2.36 bits per heavy atom. The number of methoxy groups -OCH3 is 1. The standard InChI is InChI=1S/C17H16BrNO3/c1-22-17(21)15(11-12-7-3-2-4-8-12)19-16(20)13-9-5-6-10-14(13)18/h2-10,15H,11H2,1H3,(H,19,20). The lowest BCUT2D eigenvalue weighted by Gasteiger charge is -2.17. The highest BCUT2D eigenvalue weighted by atomic mass is 79.9. The zero-order valence-corrected chi connectivity index (χ0v) is 13.7. The third kappa shape index (κ3) is 4.18. The topological polar surface area (TPSA) is 55.4 Å². The van der Waals surface area contributed by atoms with Crippen LogP contribution in [-0.4, -0.2) is 25.0 Å². The third-order valence-electron chi connectivity index (χ3n) is 3.19. The van der Waals surface area contributed by atoms with E-state index in [0.717, 1.165) is 5.56 Å². The van der Waals surface area contributed by atoms with Gasteiger partial charge in [0.2, 0.25) is 0 Å². The van der Waals surface area contributed by atoms with Gasteiger partial charge in [-0.25, -0.2) is 4.79 Å². The first-order valence-electron chi connectivity index (χ1n) is 6.79. The maximum atomic E-state index is 12.3. The summed E-state index contributed by atoms with van der Waals surface area (Å²) in [6.07, 6.45) is 0.379. The van der Waals surface area contributed by atoms with Crippen LogP contribution in [0.25, 0.3) is 0 Å². The van der Waals surface area contributed by atoms with Crippen molar-refractivity contribution in [1.29, 1.82) is 0 Å². The molecule has 114 valence electrons. The van der Waals surface area contributed by atoms with Gasteiger partial charge >= 0.3 is 5.97 Å². The van der Waals surface area contributed by atoms with Gasteiger partial charge in [0.25, 0.3) is 5.91 Å². The predicted octanol–water partition coefficient (Wildman–Crippen LogP) is 2.96. The van der Waals surface area contributed by atoms with E-state index in [0.29, 0.717) is 16.5 Å². The summed E-state index contributed by atoms with van der Waals surface area (Å²) >= 11 is 3.33. The maximum Gasteiger partial charge on any atom is 0.328 e. The van der Waals surface area contributed by atoms with Crippen LogP contribution in [0.5, 0.6) is 0 Å². The number of hydrogen-bond acceptors (Lipinski definition) is 3. The van der Waals surface area contributed by atoms with E-state index >= 15 is 0 Å². The minimum Gasteiger partial charge on any atom is -0.467 e. The van der Waals surface area contributed by atoms with Gasteiger partial charge in [-0.05, 0) is 33.6 Å². The van der Waals surface area contributed by atoms with E-state index in [1.807, 2.05) is 36.4 Å². The van der Waals surface area contributed by atoms with Crippen LogP contribution in [0.3, 0.4) is 0 Å². The molecule has 4 nitrogen and oxygen atoms in total. The second kappa shape index (κ2) is 7.75. The Bertz CT molecular complexity index is 658. The van der Waals surface area contributed by atoms with E-state index in [1.54, 1.807) is 18.2 Å². The molecule has 0 aliphatic rings. The summed E-state index contributed by atoms with van der Waals surface area (Å²) in [5, 5.41) is 2.73. The molecule has 0 fully saturated rings. The molecule has 0 saturated heterocycles. The quantitative estimate of drug-likeness (QED) is 0.833. The zero-order chi connectivity index (χ0) is 15.9. The van der Waals surface area contributed by atoms with E-state index in [2.05, 4.69) is 21.2 Å². The molecular formula is C17H16BrNO3. The molecule has 1 amide bonds. The number of carbonyl (C=O) groups is 2. The van der Waals surface area contributed by atoms with Crippen LogP contribution in [0.2, 0.25) is 0 Å². The maximum absolute atomic E-state index is 12.3. The number of esters is 1. The van der Waals surface area contributed by atoms with Crippen molar-refractivity contribution in [3.8, 4) is 0 Å². The second-order valence-corrected chi connectivity index (χ2v) is 5.57. The number of ether oxygens (including phenoxy) is 1. The molecule has 1 N–H and O–H groups in total. The lowest BCUT2D eigenvalue weighted by atomic mass is 10.1. The molecule has 2 aromatic rings. The van der Waals surface area contributed by atoms with Gasteiger partial charge in [0, 0.05) is 10.9 Å². The summed E-state index contributed by atoms with van der Waals surface area (Å²) in [6.45, 7) is 0. The van der Waals surface area contributed by atoms with Gasteiger partial charge < -0.3 is 10.1 Å². The molecule has 0 spiro atoms. The fourth-order valence-electron chi connectivity index (χ4n) is 2.07. The number of rotatable bonds is 5. The normalized spacial score (nSPS) is 11.5. The van der Waals surface area contributed by atoms with Gasteiger partial charge in [0.05, 0.1) is 12.7 Å². The first kappa shape index (κ1) is 16.2. The van der Waals surface area contributed by atoms with Crippen molar-refractivity contribution in [3.63, 3.8) is 0 Å². The summed E-state index contributed by atoms with van der Waals surface area (Å²) in [6, 6.07) is 15.8. The smallest absolute Gasteiger partial charge is 0.328 e. The summed E-state index contributed by atoms with van der Waals surface area (Å²) in [5.74, 6) is -0.789. The Morgan fingerprint density at radius 1 is 1.09 bits per heavy atom. The van der Waals surface area contributed by atoms with Crippen molar-refractivity contribution in [3.05, 3.63) is 70.2 Å². The van der Waals surface area contributed by atoms with Crippen LogP contribution in [0, 0.1) is 0 Å². The predicted molar refractivity (Wildman–Crippen MR) is 87.6 cm³/mol. The first-order chi connectivity index (χ1) is 10.6. The summed E-state index contributed by atoms with van der Waals surface area (Å²) in [7, 11) is 1.31. The Morgan fingerprint density at radius 2 is 1.73 bits per heavy atom. The number of amides is 1. The van der Waals surface area contributed by atoms with Crippen LogP contribution in [0.4, 0.5) is 0 Å². The van der Waals surface area contributed by atoms with Crippen molar-refractivity contribution < 1.29 is 14.3 Å². The highest BCUT2D eigenvalue weighted by Crippen LogP contribution is 2.16. The van der Waals surface area contributed by atoms with Crippen molar-refractivity contribution in [2.75, 3.05) is 7.11 Å². The molecular weight excluding hydrogens is 346 g/mol. The molecule has 5 heteroatoms. The number of carbonyl (C=O) groups excluding carboxylic acids is 2. The van der Waals surface area contributed by atoms with E-state index in [4.69, 9.17) is 4.74 Å². The first-order valence-corrected chi connectivity index (χ1v) is 7.58. The van der Waals surface area contributed by atoms with E-state index in [9.17, 15) is 9.59 Å². The molecule has 1 atom stereocenters. The van der Waals surface area contributed by atoms with Gasteiger partial charge in [-0.1, -0.05) is 42.5 Å². The highest BCUT2D eigenvalue weighted by molar-refractivity contribution is 9.10. The Hall–Kier alpha value is -2.14. The Balaban J connectivity index is 2.15. The molecule has 0 aromatic heterocycles. The molecule has 0 radical (unpaired) electrons. The third-order valence-corrected chi connectivity index (χ3v) is 3.88. The van der Waals surface area contributed by atoms with Crippen molar-refractivity contribution in [2.45, 2.75) is 12.5 Å². The highest BCUT2D eigenvalue weighted by Gasteiger charge is 2.23. The summed E-state index contributed by atoms with van der Waals surface area (Å²) in [5.41, 5.74) is 1.43. The van der Waals surface area contributed by atoms with Crippen LogP contribution >= 0.6 is 15.9 Å². The second-order valence-electron chi connectivity index (χ2n) is 4.72. The number of hydrogen-bond donors (Lipinski definition) is 1. The number of benzene rings is 2. The lowest BCUT2D eigenvalue weighted by Crippen LogP contribution is -2.43. The van der Waals surface area contributed by atoms with Gasteiger partial charge in [0.15, 0.2) is 0 Å². The molecule has 22 heavy (non-hydrogen) atoms. The van der Waals surface area contributed by atoms with Crippen molar-refractivity contribution in [1.82, 2.24) is 5.32 Å². The molecule has 0 aliphatic heterocycles. The minimum atomic E-state index is -0.730. The van der Waals surface area contributed by atoms with Gasteiger partial charge in [-0.2, -0.15) is 0 Å². The van der Waals surface area contributed by atoms with Crippen LogP contribution in [0.15, 0.2) is 59.1 Å².